The first kappa shape index (κ1) is 15.2. The molecule has 0 atom stereocenters. The average Bonchev–Trinajstić information content (AvgIpc) is 2.37. The Kier molecular flexibility index (Phi) is 5.09. The van der Waals surface area contributed by atoms with Gasteiger partial charge in [0, 0.05) is 11.9 Å². The van der Waals surface area contributed by atoms with Crippen LogP contribution in [0.25, 0.3) is 11.0 Å². The van der Waals surface area contributed by atoms with Gasteiger partial charge in [-0.3, -0.25) is 0 Å². The van der Waals surface area contributed by atoms with Crippen LogP contribution in [0.3, 0.4) is 0 Å². The van der Waals surface area contributed by atoms with E-state index in [0.717, 1.165) is 5.56 Å². The number of rotatable bonds is 3. The number of fused-ring (bicyclic) bond motifs is 1. The third kappa shape index (κ3) is 3.13. The molecule has 6 heteroatoms. The number of esters is 1. The third-order valence-electron chi connectivity index (χ3n) is 2.53. The van der Waals surface area contributed by atoms with E-state index >= 15 is 0 Å². The second-order valence-electron chi connectivity index (χ2n) is 3.74. The van der Waals surface area contributed by atoms with Crippen LogP contribution in [-0.2, 0) is 11.3 Å². The number of hydrogen-bond donors (Lipinski definition) is 1. The average molecular weight is 284 g/mol. The summed E-state index contributed by atoms with van der Waals surface area (Å²) >= 11 is 0. The van der Waals surface area contributed by atoms with Gasteiger partial charge in [-0.1, -0.05) is 6.07 Å². The molecule has 2 rings (SSSR count). The molecule has 0 amide bonds. The van der Waals surface area contributed by atoms with Crippen LogP contribution in [0.1, 0.15) is 22.8 Å². The van der Waals surface area contributed by atoms with Gasteiger partial charge in [0.1, 0.15) is 11.1 Å². The molecule has 0 aliphatic rings. The van der Waals surface area contributed by atoms with Crippen LogP contribution >= 0.6 is 12.4 Å². The van der Waals surface area contributed by atoms with E-state index in [1.54, 1.807) is 25.1 Å². The molecule has 2 aromatic rings. The van der Waals surface area contributed by atoms with Gasteiger partial charge in [-0.25, -0.2) is 9.59 Å². The molecule has 1 aromatic carbocycles. The Morgan fingerprint density at radius 2 is 2.11 bits per heavy atom. The second kappa shape index (κ2) is 6.36. The first-order valence-corrected chi connectivity index (χ1v) is 5.59. The molecule has 0 radical (unpaired) electrons. The number of carbonyl (C=O) groups excluding carboxylic acids is 1. The highest BCUT2D eigenvalue weighted by Crippen LogP contribution is 2.16. The van der Waals surface area contributed by atoms with E-state index in [1.807, 2.05) is 0 Å². The van der Waals surface area contributed by atoms with Crippen LogP contribution in [-0.4, -0.2) is 12.6 Å². The molecule has 1 aromatic heterocycles. The molecule has 0 aliphatic heterocycles. The van der Waals surface area contributed by atoms with E-state index in [0.29, 0.717) is 17.5 Å². The summed E-state index contributed by atoms with van der Waals surface area (Å²) < 4.78 is 9.85. The normalized spacial score (nSPS) is 10.0. The van der Waals surface area contributed by atoms with E-state index in [9.17, 15) is 9.59 Å². The van der Waals surface area contributed by atoms with Gasteiger partial charge < -0.3 is 14.9 Å². The summed E-state index contributed by atoms with van der Waals surface area (Å²) in [5, 5.41) is 0.653. The number of hydrogen-bond acceptors (Lipinski definition) is 5. The largest absolute Gasteiger partial charge is 0.462 e. The topological polar surface area (TPSA) is 82.5 Å². The zero-order valence-corrected chi connectivity index (χ0v) is 11.2. The molecular weight excluding hydrogens is 270 g/mol. The summed E-state index contributed by atoms with van der Waals surface area (Å²) in [6.07, 6.45) is 0. The van der Waals surface area contributed by atoms with Gasteiger partial charge in [0.25, 0.3) is 0 Å². The van der Waals surface area contributed by atoms with Gasteiger partial charge in [-0.2, -0.15) is 0 Å². The lowest BCUT2D eigenvalue weighted by Gasteiger charge is -2.03. The van der Waals surface area contributed by atoms with Gasteiger partial charge in [-0.15, -0.1) is 12.4 Å². The SMILES string of the molecule is CCOC(=O)c1cc2cc(CN)ccc2oc1=O.Cl. The molecule has 5 nitrogen and oxygen atoms in total. The summed E-state index contributed by atoms with van der Waals surface area (Å²) in [6.45, 7) is 2.26. The molecule has 0 saturated carbocycles. The number of nitrogens with two attached hydrogens (primary N) is 1. The quantitative estimate of drug-likeness (QED) is 0.686. The Bertz CT molecular complexity index is 651. The fourth-order valence-corrected chi connectivity index (χ4v) is 1.65. The summed E-state index contributed by atoms with van der Waals surface area (Å²) in [4.78, 5) is 23.2. The monoisotopic (exact) mass is 283 g/mol. The molecule has 0 aliphatic carbocycles. The summed E-state index contributed by atoms with van der Waals surface area (Å²) in [5.41, 5.74) is 6.06. The van der Waals surface area contributed by atoms with Crippen molar-refractivity contribution in [3.63, 3.8) is 0 Å². The summed E-state index contributed by atoms with van der Waals surface area (Å²) in [7, 11) is 0. The van der Waals surface area contributed by atoms with E-state index in [-0.39, 0.29) is 24.6 Å². The maximum absolute atomic E-state index is 11.6. The lowest BCUT2D eigenvalue weighted by atomic mass is 10.1. The molecular formula is C13H14ClNO4. The van der Waals surface area contributed by atoms with Crippen molar-refractivity contribution in [2.75, 3.05) is 6.61 Å². The maximum atomic E-state index is 11.6. The Labute approximate surface area is 115 Å². The Balaban J connectivity index is 0.00000180. The van der Waals surface area contributed by atoms with Crippen LogP contribution in [0.4, 0.5) is 0 Å². The van der Waals surface area contributed by atoms with Crippen molar-refractivity contribution in [3.05, 3.63) is 45.8 Å². The summed E-state index contributed by atoms with van der Waals surface area (Å²) in [6, 6.07) is 6.68. The van der Waals surface area contributed by atoms with Gasteiger partial charge in [0.05, 0.1) is 6.61 Å². The Morgan fingerprint density at radius 1 is 1.37 bits per heavy atom. The third-order valence-corrected chi connectivity index (χ3v) is 2.53. The molecule has 0 fully saturated rings. The first-order chi connectivity index (χ1) is 8.65. The lowest BCUT2D eigenvalue weighted by molar-refractivity contribution is 0.0522. The maximum Gasteiger partial charge on any atom is 0.351 e. The minimum Gasteiger partial charge on any atom is -0.462 e. The van der Waals surface area contributed by atoms with Gasteiger partial charge in [0.2, 0.25) is 0 Å². The lowest BCUT2D eigenvalue weighted by Crippen LogP contribution is -2.16. The van der Waals surface area contributed by atoms with Crippen molar-refractivity contribution in [3.8, 4) is 0 Å². The number of halogens is 1. The van der Waals surface area contributed by atoms with E-state index < -0.39 is 11.6 Å². The fraction of sp³-hybridized carbons (Fsp3) is 0.231. The van der Waals surface area contributed by atoms with Crippen molar-refractivity contribution >= 4 is 29.3 Å². The highest BCUT2D eigenvalue weighted by molar-refractivity contribution is 5.92. The highest BCUT2D eigenvalue weighted by atomic mass is 35.5. The van der Waals surface area contributed by atoms with Crippen molar-refractivity contribution in [2.45, 2.75) is 13.5 Å². The van der Waals surface area contributed by atoms with Gasteiger partial charge in [-0.05, 0) is 30.7 Å². The first-order valence-electron chi connectivity index (χ1n) is 5.59. The minimum atomic E-state index is -0.693. The van der Waals surface area contributed by atoms with E-state index in [2.05, 4.69) is 0 Å². The molecule has 1 heterocycles. The molecule has 0 spiro atoms. The molecule has 19 heavy (non-hydrogen) atoms. The molecule has 102 valence electrons. The van der Waals surface area contributed by atoms with Crippen molar-refractivity contribution in [2.24, 2.45) is 5.73 Å². The standard InChI is InChI=1S/C13H13NO4.ClH/c1-2-17-12(15)10-6-9-5-8(7-14)3-4-11(9)18-13(10)16;/h3-6H,2,7,14H2,1H3;1H. The van der Waals surface area contributed by atoms with Crippen LogP contribution in [0.2, 0.25) is 0 Å². The van der Waals surface area contributed by atoms with E-state index in [1.165, 1.54) is 6.07 Å². The Morgan fingerprint density at radius 3 is 2.74 bits per heavy atom. The van der Waals surface area contributed by atoms with Crippen LogP contribution in [0.5, 0.6) is 0 Å². The van der Waals surface area contributed by atoms with Crippen molar-refractivity contribution < 1.29 is 13.9 Å². The number of carbonyl (C=O) groups is 1. The second-order valence-corrected chi connectivity index (χ2v) is 3.74. The predicted molar refractivity (Wildman–Crippen MR) is 73.6 cm³/mol. The van der Waals surface area contributed by atoms with Gasteiger partial charge >= 0.3 is 11.6 Å². The van der Waals surface area contributed by atoms with Crippen LogP contribution in [0.15, 0.2) is 33.5 Å². The Hall–Kier alpha value is -1.85. The zero-order valence-electron chi connectivity index (χ0n) is 10.3. The van der Waals surface area contributed by atoms with E-state index in [4.69, 9.17) is 14.9 Å². The van der Waals surface area contributed by atoms with Crippen LogP contribution in [0, 0.1) is 0 Å². The smallest absolute Gasteiger partial charge is 0.351 e. The molecule has 0 bridgehead atoms. The minimum absolute atomic E-state index is 0. The summed E-state index contributed by atoms with van der Waals surface area (Å²) in [5.74, 6) is -0.675. The number of ether oxygens (including phenoxy) is 1. The van der Waals surface area contributed by atoms with Gasteiger partial charge in [0.15, 0.2) is 0 Å². The fourth-order valence-electron chi connectivity index (χ4n) is 1.65. The van der Waals surface area contributed by atoms with Crippen molar-refractivity contribution in [1.82, 2.24) is 0 Å². The zero-order chi connectivity index (χ0) is 13.1. The number of benzene rings is 1. The molecule has 0 unspecified atom stereocenters. The highest BCUT2D eigenvalue weighted by Gasteiger charge is 2.14. The van der Waals surface area contributed by atoms with Crippen LogP contribution < -0.4 is 11.4 Å². The van der Waals surface area contributed by atoms with Crippen molar-refractivity contribution in [1.29, 1.82) is 0 Å². The predicted octanol–water partition coefficient (Wildman–Crippen LogP) is 1.85. The molecule has 2 N–H and O–H groups in total. The molecule has 0 saturated heterocycles.